The Morgan fingerprint density at radius 2 is 1.12 bits per heavy atom. The SMILES string of the molecule is CCCCC(CC)C(=O)OCCN(CCOC(=O)C(CC)CCCC)c1ccc(N=Nc2ccc(B3OC(C)(C)C(C)(C)O3)cc2)cc1. The van der Waals surface area contributed by atoms with E-state index in [0.29, 0.717) is 18.8 Å². The average Bonchev–Trinajstić information content (AvgIpc) is 3.30. The van der Waals surface area contributed by atoms with Gasteiger partial charge in [0.2, 0.25) is 0 Å². The van der Waals surface area contributed by atoms with Gasteiger partial charge in [0.15, 0.2) is 0 Å². The molecule has 0 saturated carbocycles. The van der Waals surface area contributed by atoms with Crippen LogP contribution in [0.1, 0.15) is 107 Å². The fourth-order valence-corrected chi connectivity index (χ4v) is 5.52. The lowest BCUT2D eigenvalue weighted by atomic mass is 9.79. The molecule has 2 aromatic carbocycles. The molecule has 0 radical (unpaired) electrons. The predicted octanol–water partition coefficient (Wildman–Crippen LogP) is 8.73. The molecule has 48 heavy (non-hydrogen) atoms. The first kappa shape index (κ1) is 39.2. The summed E-state index contributed by atoms with van der Waals surface area (Å²) in [6.07, 6.45) is 7.38. The number of hydrogen-bond donors (Lipinski definition) is 0. The monoisotopic (exact) mass is 663 g/mol. The lowest BCUT2D eigenvalue weighted by molar-refractivity contribution is -0.149. The highest BCUT2D eigenvalue weighted by Crippen LogP contribution is 2.36. The van der Waals surface area contributed by atoms with E-state index < -0.39 is 18.3 Å². The van der Waals surface area contributed by atoms with Crippen LogP contribution in [-0.2, 0) is 28.4 Å². The largest absolute Gasteiger partial charge is 0.494 e. The summed E-state index contributed by atoms with van der Waals surface area (Å²) in [6, 6.07) is 15.4. The minimum absolute atomic E-state index is 0.0713. The van der Waals surface area contributed by atoms with Crippen molar-refractivity contribution in [3.63, 3.8) is 0 Å². The molecule has 0 bridgehead atoms. The number of hydrogen-bond acceptors (Lipinski definition) is 9. The second-order valence-electron chi connectivity index (χ2n) is 13.7. The van der Waals surface area contributed by atoms with Crippen LogP contribution < -0.4 is 10.4 Å². The van der Waals surface area contributed by atoms with Crippen molar-refractivity contribution in [1.82, 2.24) is 0 Å². The van der Waals surface area contributed by atoms with Crippen molar-refractivity contribution in [2.75, 3.05) is 31.2 Å². The van der Waals surface area contributed by atoms with Crippen molar-refractivity contribution in [2.24, 2.45) is 22.1 Å². The molecule has 1 heterocycles. The van der Waals surface area contributed by atoms with E-state index in [1.54, 1.807) is 0 Å². The van der Waals surface area contributed by atoms with E-state index >= 15 is 0 Å². The highest BCUT2D eigenvalue weighted by molar-refractivity contribution is 6.62. The van der Waals surface area contributed by atoms with Crippen molar-refractivity contribution in [3.05, 3.63) is 48.5 Å². The zero-order valence-corrected chi connectivity index (χ0v) is 30.6. The predicted molar refractivity (Wildman–Crippen MR) is 194 cm³/mol. The second kappa shape index (κ2) is 19.1. The van der Waals surface area contributed by atoms with Gasteiger partial charge in [-0.25, -0.2) is 0 Å². The van der Waals surface area contributed by atoms with E-state index in [1.807, 2.05) is 90.1 Å². The first-order valence-corrected chi connectivity index (χ1v) is 18.0. The molecule has 3 rings (SSSR count). The van der Waals surface area contributed by atoms with Crippen LogP contribution in [0.5, 0.6) is 0 Å². The molecule has 2 atom stereocenters. The highest BCUT2D eigenvalue weighted by Gasteiger charge is 2.51. The number of carbonyl (C=O) groups is 2. The van der Waals surface area contributed by atoms with Crippen molar-refractivity contribution >= 4 is 41.6 Å². The standard InChI is InChI=1S/C38H58BN3O6/c1-9-13-15-29(11-3)35(43)45-27-25-42(26-28-46-36(44)30(12-4)16-14-10-2)34-23-21-33(22-24-34)41-40-32-19-17-31(18-20-32)39-47-37(5,6)38(7,8)48-39/h17-24,29-30H,9-16,25-28H2,1-8H3. The van der Waals surface area contributed by atoms with Gasteiger partial charge in [0, 0.05) is 5.69 Å². The number of ether oxygens (including phenoxy) is 2. The van der Waals surface area contributed by atoms with Gasteiger partial charge < -0.3 is 23.7 Å². The Bertz CT molecular complexity index is 1250. The van der Waals surface area contributed by atoms with E-state index in [2.05, 4.69) is 29.0 Å². The van der Waals surface area contributed by atoms with Crippen LogP contribution in [0.15, 0.2) is 58.8 Å². The lowest BCUT2D eigenvalue weighted by Crippen LogP contribution is -2.41. The summed E-state index contributed by atoms with van der Waals surface area (Å²) in [4.78, 5) is 27.5. The van der Waals surface area contributed by atoms with E-state index in [1.165, 1.54) is 0 Å². The number of anilines is 1. The molecule has 1 aliphatic heterocycles. The quantitative estimate of drug-likeness (QED) is 0.0794. The molecule has 10 heteroatoms. The van der Waals surface area contributed by atoms with Crippen LogP contribution >= 0.6 is 0 Å². The van der Waals surface area contributed by atoms with Gasteiger partial charge in [-0.05, 0) is 95.2 Å². The van der Waals surface area contributed by atoms with Gasteiger partial charge in [0.25, 0.3) is 0 Å². The van der Waals surface area contributed by atoms with Crippen molar-refractivity contribution in [2.45, 2.75) is 118 Å². The van der Waals surface area contributed by atoms with Crippen LogP contribution in [0.25, 0.3) is 0 Å². The van der Waals surface area contributed by atoms with Crippen LogP contribution in [0.3, 0.4) is 0 Å². The third-order valence-electron chi connectivity index (χ3n) is 9.59. The molecule has 0 spiro atoms. The third-order valence-corrected chi connectivity index (χ3v) is 9.59. The van der Waals surface area contributed by atoms with Gasteiger partial charge in [-0.1, -0.05) is 65.5 Å². The van der Waals surface area contributed by atoms with E-state index in [9.17, 15) is 9.59 Å². The summed E-state index contributed by atoms with van der Waals surface area (Å²) in [5.41, 5.74) is 2.49. The number of nitrogens with zero attached hydrogens (tertiary/aromatic N) is 3. The molecule has 0 amide bonds. The first-order chi connectivity index (χ1) is 22.9. The van der Waals surface area contributed by atoms with Crippen molar-refractivity contribution in [3.8, 4) is 0 Å². The number of rotatable bonds is 20. The summed E-state index contributed by atoms with van der Waals surface area (Å²) >= 11 is 0. The molecule has 0 N–H and O–H groups in total. The molecule has 1 fully saturated rings. The van der Waals surface area contributed by atoms with Crippen LogP contribution in [0.2, 0.25) is 0 Å². The normalized spacial score (nSPS) is 16.5. The van der Waals surface area contributed by atoms with Crippen molar-refractivity contribution < 1.29 is 28.4 Å². The fraction of sp³-hybridized carbons (Fsp3) is 0.632. The molecule has 2 aromatic rings. The van der Waals surface area contributed by atoms with Gasteiger partial charge in [0.1, 0.15) is 13.2 Å². The van der Waals surface area contributed by atoms with Crippen LogP contribution in [0.4, 0.5) is 17.1 Å². The van der Waals surface area contributed by atoms with E-state index in [-0.39, 0.29) is 37.0 Å². The average molecular weight is 664 g/mol. The Balaban J connectivity index is 1.64. The summed E-state index contributed by atoms with van der Waals surface area (Å²) in [5.74, 6) is -0.423. The number of carbonyl (C=O) groups excluding carboxylic acids is 2. The Morgan fingerprint density at radius 1 is 0.708 bits per heavy atom. The minimum Gasteiger partial charge on any atom is -0.464 e. The number of benzene rings is 2. The number of unbranched alkanes of at least 4 members (excludes halogenated alkanes) is 2. The van der Waals surface area contributed by atoms with Gasteiger partial charge >= 0.3 is 19.1 Å². The maximum atomic E-state index is 12.7. The third kappa shape index (κ3) is 11.4. The van der Waals surface area contributed by atoms with E-state index in [4.69, 9.17) is 18.8 Å². The topological polar surface area (TPSA) is 99.0 Å². The van der Waals surface area contributed by atoms with Crippen LogP contribution in [-0.4, -0.2) is 56.6 Å². The van der Waals surface area contributed by atoms with Gasteiger partial charge in [-0.15, -0.1) is 0 Å². The maximum Gasteiger partial charge on any atom is 0.494 e. The first-order valence-electron chi connectivity index (χ1n) is 18.0. The zero-order chi connectivity index (χ0) is 35.2. The number of azo groups is 1. The summed E-state index contributed by atoms with van der Waals surface area (Å²) in [6.45, 7) is 18.0. The highest BCUT2D eigenvalue weighted by atomic mass is 16.7. The van der Waals surface area contributed by atoms with Gasteiger partial charge in [-0.3, -0.25) is 9.59 Å². The molecular formula is C38H58BN3O6. The molecule has 0 aliphatic carbocycles. The van der Waals surface area contributed by atoms with E-state index in [0.717, 1.165) is 68.2 Å². The van der Waals surface area contributed by atoms with Gasteiger partial charge in [0.05, 0.1) is 47.5 Å². The second-order valence-corrected chi connectivity index (χ2v) is 13.7. The molecule has 1 aliphatic rings. The Labute approximate surface area is 289 Å². The lowest BCUT2D eigenvalue weighted by Gasteiger charge is -2.32. The minimum atomic E-state index is -0.424. The summed E-state index contributed by atoms with van der Waals surface area (Å²) < 4.78 is 23.7. The number of esters is 2. The molecule has 0 aromatic heterocycles. The fourth-order valence-electron chi connectivity index (χ4n) is 5.52. The summed E-state index contributed by atoms with van der Waals surface area (Å²) in [7, 11) is -0.424. The summed E-state index contributed by atoms with van der Waals surface area (Å²) in [5, 5.41) is 8.85. The maximum absolute atomic E-state index is 12.7. The Hall–Kier alpha value is -3.24. The molecule has 1 saturated heterocycles. The van der Waals surface area contributed by atoms with Gasteiger partial charge in [-0.2, -0.15) is 10.2 Å². The molecule has 264 valence electrons. The smallest absolute Gasteiger partial charge is 0.464 e. The zero-order valence-electron chi connectivity index (χ0n) is 30.6. The Kier molecular flexibility index (Phi) is 15.6. The van der Waals surface area contributed by atoms with Crippen molar-refractivity contribution in [1.29, 1.82) is 0 Å². The molecular weight excluding hydrogens is 605 g/mol. The Morgan fingerprint density at radius 3 is 1.52 bits per heavy atom. The molecule has 2 unspecified atom stereocenters. The van der Waals surface area contributed by atoms with Crippen LogP contribution in [0, 0.1) is 11.8 Å². The molecule has 9 nitrogen and oxygen atoms in total.